The van der Waals surface area contributed by atoms with E-state index in [1.54, 1.807) is 12.3 Å². The predicted molar refractivity (Wildman–Crippen MR) is 120 cm³/mol. The third kappa shape index (κ3) is 4.84. The van der Waals surface area contributed by atoms with Gasteiger partial charge in [-0.25, -0.2) is 0 Å². The van der Waals surface area contributed by atoms with Crippen LogP contribution in [-0.4, -0.2) is 28.7 Å². The molecule has 0 saturated heterocycles. The minimum Gasteiger partial charge on any atom is -0.395 e. The van der Waals surface area contributed by atoms with Crippen LogP contribution in [0, 0.1) is 6.92 Å². The van der Waals surface area contributed by atoms with Gasteiger partial charge >= 0.3 is 0 Å². The molecule has 0 fully saturated rings. The van der Waals surface area contributed by atoms with Crippen LogP contribution in [0.1, 0.15) is 28.4 Å². The van der Waals surface area contributed by atoms with Gasteiger partial charge in [0, 0.05) is 31.5 Å². The van der Waals surface area contributed by atoms with Crippen molar-refractivity contribution in [2.45, 2.75) is 26.9 Å². The van der Waals surface area contributed by atoms with E-state index in [4.69, 9.17) is 5.11 Å². The normalized spacial score (nSPS) is 10.8. The van der Waals surface area contributed by atoms with Crippen LogP contribution in [0.25, 0.3) is 11.1 Å². The summed E-state index contributed by atoms with van der Waals surface area (Å²) < 4.78 is 1.53. The van der Waals surface area contributed by atoms with Crippen molar-refractivity contribution in [3.63, 3.8) is 0 Å². The molecule has 1 amide bonds. The van der Waals surface area contributed by atoms with Gasteiger partial charge in [-0.2, -0.15) is 0 Å². The van der Waals surface area contributed by atoms with E-state index < -0.39 is 5.91 Å². The second kappa shape index (κ2) is 10.0. The Labute approximate surface area is 176 Å². The maximum atomic E-state index is 13.0. The van der Waals surface area contributed by atoms with Gasteiger partial charge in [0.15, 0.2) is 0 Å². The van der Waals surface area contributed by atoms with Crippen molar-refractivity contribution in [2.75, 3.05) is 18.5 Å². The summed E-state index contributed by atoms with van der Waals surface area (Å²) in [7, 11) is 0. The molecule has 0 aliphatic rings. The van der Waals surface area contributed by atoms with Gasteiger partial charge in [-0.05, 0) is 48.2 Å². The molecule has 6 heteroatoms. The molecule has 0 atom stereocenters. The first kappa shape index (κ1) is 21.5. The Morgan fingerprint density at radius 1 is 1.10 bits per heavy atom. The molecule has 0 unspecified atom stereocenters. The summed E-state index contributed by atoms with van der Waals surface area (Å²) in [6, 6.07) is 17.3. The van der Waals surface area contributed by atoms with Crippen LogP contribution in [0.3, 0.4) is 0 Å². The molecule has 0 radical (unpaired) electrons. The number of hydrogen-bond acceptors (Lipinski definition) is 4. The first-order valence-corrected chi connectivity index (χ1v) is 10.1. The van der Waals surface area contributed by atoms with Crippen molar-refractivity contribution in [1.82, 2.24) is 9.88 Å². The van der Waals surface area contributed by atoms with Gasteiger partial charge in [0.2, 0.25) is 0 Å². The molecule has 3 N–H and O–H groups in total. The number of aromatic nitrogens is 1. The molecule has 30 heavy (non-hydrogen) atoms. The highest BCUT2D eigenvalue weighted by atomic mass is 16.3. The van der Waals surface area contributed by atoms with E-state index in [0.29, 0.717) is 25.3 Å². The minimum atomic E-state index is -0.431. The summed E-state index contributed by atoms with van der Waals surface area (Å²) in [5.74, 6) is -0.431. The van der Waals surface area contributed by atoms with E-state index in [9.17, 15) is 9.59 Å². The molecule has 1 aromatic heterocycles. The summed E-state index contributed by atoms with van der Waals surface area (Å²) in [5, 5.41) is 14.9. The zero-order chi connectivity index (χ0) is 21.5. The Morgan fingerprint density at radius 3 is 2.57 bits per heavy atom. The molecule has 3 rings (SSSR count). The summed E-state index contributed by atoms with van der Waals surface area (Å²) in [6.07, 6.45) is 1.74. The molecule has 0 aliphatic carbocycles. The molecule has 2 aromatic carbocycles. The van der Waals surface area contributed by atoms with Crippen LogP contribution in [0.15, 0.2) is 65.6 Å². The number of amides is 1. The van der Waals surface area contributed by atoms with Crippen LogP contribution in [0.2, 0.25) is 0 Å². The summed E-state index contributed by atoms with van der Waals surface area (Å²) >= 11 is 0. The molecule has 0 bridgehead atoms. The number of carbonyl (C=O) groups is 1. The largest absolute Gasteiger partial charge is 0.395 e. The number of nitrogens with one attached hydrogen (secondary N) is 2. The lowest BCUT2D eigenvalue weighted by atomic mass is 9.99. The SMILES string of the molecule is CCn1cc(CNCCO)cc(C(=O)Nc2cccc(-c3ccccc3)c2C)c1=O. The second-order valence-electron chi connectivity index (χ2n) is 7.05. The Morgan fingerprint density at radius 2 is 1.87 bits per heavy atom. The van der Waals surface area contributed by atoms with Crippen LogP contribution in [0.4, 0.5) is 5.69 Å². The maximum absolute atomic E-state index is 13.0. The van der Waals surface area contributed by atoms with Crippen LogP contribution in [0.5, 0.6) is 0 Å². The Hall–Kier alpha value is -3.22. The third-order valence-electron chi connectivity index (χ3n) is 5.01. The standard InChI is InChI=1S/C24H27N3O3/c1-3-27-16-18(15-25-12-13-28)14-21(24(27)30)23(29)26-22-11-7-10-20(17(22)2)19-8-5-4-6-9-19/h4-11,14,16,25,28H,3,12-13,15H2,1-2H3,(H,26,29). The highest BCUT2D eigenvalue weighted by molar-refractivity contribution is 6.05. The first-order valence-electron chi connectivity index (χ1n) is 10.1. The number of rotatable bonds is 8. The first-order chi connectivity index (χ1) is 14.5. The number of carbonyl (C=O) groups excluding carboxylic acids is 1. The number of pyridine rings is 1. The van der Waals surface area contributed by atoms with Gasteiger partial charge in [-0.3, -0.25) is 9.59 Å². The third-order valence-corrected chi connectivity index (χ3v) is 5.01. The molecule has 1 heterocycles. The maximum Gasteiger partial charge on any atom is 0.263 e. The van der Waals surface area contributed by atoms with E-state index in [1.165, 1.54) is 4.57 Å². The average molecular weight is 405 g/mol. The molecule has 156 valence electrons. The van der Waals surface area contributed by atoms with Crippen molar-refractivity contribution in [3.05, 3.63) is 87.8 Å². The molecule has 0 saturated carbocycles. The number of anilines is 1. The molecule has 0 aliphatic heterocycles. The van der Waals surface area contributed by atoms with E-state index in [2.05, 4.69) is 10.6 Å². The lowest BCUT2D eigenvalue weighted by Gasteiger charge is -2.14. The van der Waals surface area contributed by atoms with Crippen LogP contribution < -0.4 is 16.2 Å². The number of aliphatic hydroxyl groups is 1. The van der Waals surface area contributed by atoms with E-state index in [0.717, 1.165) is 22.3 Å². The molecule has 3 aromatic rings. The molecular formula is C24H27N3O3. The fourth-order valence-electron chi connectivity index (χ4n) is 3.40. The number of aliphatic hydroxyl groups excluding tert-OH is 1. The van der Waals surface area contributed by atoms with Crippen molar-refractivity contribution >= 4 is 11.6 Å². The van der Waals surface area contributed by atoms with Crippen molar-refractivity contribution < 1.29 is 9.90 Å². The predicted octanol–water partition coefficient (Wildman–Crippen LogP) is 3.18. The monoisotopic (exact) mass is 405 g/mol. The summed E-state index contributed by atoms with van der Waals surface area (Å²) in [4.78, 5) is 25.7. The smallest absolute Gasteiger partial charge is 0.263 e. The summed E-state index contributed by atoms with van der Waals surface area (Å²) in [5.41, 5.74) is 4.30. The van der Waals surface area contributed by atoms with Crippen molar-refractivity contribution in [3.8, 4) is 11.1 Å². The van der Waals surface area contributed by atoms with Crippen LogP contribution >= 0.6 is 0 Å². The number of hydrogen-bond donors (Lipinski definition) is 3. The van der Waals surface area contributed by atoms with Gasteiger partial charge in [0.25, 0.3) is 11.5 Å². The Balaban J connectivity index is 1.91. The average Bonchev–Trinajstić information content (AvgIpc) is 2.76. The number of nitrogens with zero attached hydrogens (tertiary/aromatic N) is 1. The fourth-order valence-corrected chi connectivity index (χ4v) is 3.40. The summed E-state index contributed by atoms with van der Waals surface area (Å²) in [6.45, 7) is 5.22. The van der Waals surface area contributed by atoms with Crippen LogP contribution in [-0.2, 0) is 13.1 Å². The number of aryl methyl sites for hydroxylation is 1. The van der Waals surface area contributed by atoms with Gasteiger partial charge in [0.1, 0.15) is 5.56 Å². The van der Waals surface area contributed by atoms with Gasteiger partial charge in [-0.15, -0.1) is 0 Å². The van der Waals surface area contributed by atoms with E-state index >= 15 is 0 Å². The van der Waals surface area contributed by atoms with Gasteiger partial charge < -0.3 is 20.3 Å². The number of benzene rings is 2. The highest BCUT2D eigenvalue weighted by Crippen LogP contribution is 2.28. The lowest BCUT2D eigenvalue weighted by Crippen LogP contribution is -2.30. The van der Waals surface area contributed by atoms with E-state index in [1.807, 2.05) is 62.4 Å². The molecule has 0 spiro atoms. The van der Waals surface area contributed by atoms with E-state index in [-0.39, 0.29) is 17.7 Å². The molecule has 6 nitrogen and oxygen atoms in total. The van der Waals surface area contributed by atoms with Crippen molar-refractivity contribution in [2.24, 2.45) is 0 Å². The van der Waals surface area contributed by atoms with Gasteiger partial charge in [0.05, 0.1) is 6.61 Å². The second-order valence-corrected chi connectivity index (χ2v) is 7.05. The topological polar surface area (TPSA) is 83.4 Å². The Kier molecular flexibility index (Phi) is 7.17. The fraction of sp³-hybridized carbons (Fsp3) is 0.250. The highest BCUT2D eigenvalue weighted by Gasteiger charge is 2.16. The van der Waals surface area contributed by atoms with Crippen molar-refractivity contribution in [1.29, 1.82) is 0 Å². The zero-order valence-electron chi connectivity index (χ0n) is 17.3. The minimum absolute atomic E-state index is 0.0256. The Bertz CT molecular complexity index is 1070. The zero-order valence-corrected chi connectivity index (χ0v) is 17.3. The van der Waals surface area contributed by atoms with Gasteiger partial charge in [-0.1, -0.05) is 42.5 Å². The lowest BCUT2D eigenvalue weighted by molar-refractivity contribution is 0.102. The quantitative estimate of drug-likeness (QED) is 0.503. The molecular weight excluding hydrogens is 378 g/mol.